The Balaban J connectivity index is 2.85. The summed E-state index contributed by atoms with van der Waals surface area (Å²) in [5.41, 5.74) is 3.39. The molecule has 1 aromatic rings. The zero-order chi connectivity index (χ0) is 10.7. The van der Waals surface area contributed by atoms with Crippen LogP contribution < -0.4 is 0 Å². The summed E-state index contributed by atoms with van der Waals surface area (Å²) in [5, 5.41) is 8.76. The van der Waals surface area contributed by atoms with Crippen molar-refractivity contribution >= 4 is 21.9 Å². The molecule has 2 nitrogen and oxygen atoms in total. The third-order valence-corrected chi connectivity index (χ3v) is 2.89. The van der Waals surface area contributed by atoms with E-state index in [1.807, 2.05) is 32.0 Å². The second kappa shape index (κ2) is 4.60. The molecule has 0 amide bonds. The summed E-state index contributed by atoms with van der Waals surface area (Å²) in [6, 6.07) is 6.08. The first-order valence-corrected chi connectivity index (χ1v) is 5.35. The minimum Gasteiger partial charge on any atom is -0.480 e. The van der Waals surface area contributed by atoms with Gasteiger partial charge in [0.15, 0.2) is 0 Å². The van der Waals surface area contributed by atoms with Crippen LogP contribution in [0.5, 0.6) is 0 Å². The van der Waals surface area contributed by atoms with Crippen LogP contribution in [0.4, 0.5) is 0 Å². The molecule has 0 aliphatic carbocycles. The van der Waals surface area contributed by atoms with E-state index in [0.29, 0.717) is 6.42 Å². The smallest absolute Gasteiger partial charge is 0.317 e. The zero-order valence-electron chi connectivity index (χ0n) is 8.25. The zero-order valence-corrected chi connectivity index (χ0v) is 9.84. The van der Waals surface area contributed by atoms with E-state index in [4.69, 9.17) is 5.11 Å². The maximum absolute atomic E-state index is 10.7. The molecular weight excluding hydrogens is 244 g/mol. The van der Waals surface area contributed by atoms with Gasteiger partial charge in [0.1, 0.15) is 4.83 Å². The Morgan fingerprint density at radius 1 is 1.50 bits per heavy atom. The summed E-state index contributed by atoms with van der Waals surface area (Å²) in [6.07, 6.45) is 0.531. The number of carboxylic acid groups (broad SMARTS) is 1. The van der Waals surface area contributed by atoms with E-state index in [2.05, 4.69) is 15.9 Å². The molecule has 14 heavy (non-hydrogen) atoms. The fourth-order valence-electron chi connectivity index (χ4n) is 1.30. The van der Waals surface area contributed by atoms with Gasteiger partial charge in [-0.1, -0.05) is 39.7 Å². The van der Waals surface area contributed by atoms with Gasteiger partial charge in [0.2, 0.25) is 0 Å². The highest BCUT2D eigenvalue weighted by Gasteiger charge is 2.14. The summed E-state index contributed by atoms with van der Waals surface area (Å²) in [6.45, 7) is 4.00. The minimum absolute atomic E-state index is 0.497. The van der Waals surface area contributed by atoms with Gasteiger partial charge in [-0.05, 0) is 31.4 Å². The number of aryl methyl sites for hydroxylation is 2. The Morgan fingerprint density at radius 3 is 2.71 bits per heavy atom. The highest BCUT2D eigenvalue weighted by atomic mass is 79.9. The van der Waals surface area contributed by atoms with Crippen molar-refractivity contribution in [1.29, 1.82) is 0 Å². The van der Waals surface area contributed by atoms with Gasteiger partial charge in [-0.3, -0.25) is 4.79 Å². The van der Waals surface area contributed by atoms with Crippen LogP contribution in [-0.2, 0) is 11.2 Å². The number of hydrogen-bond donors (Lipinski definition) is 1. The largest absolute Gasteiger partial charge is 0.480 e. The summed E-state index contributed by atoms with van der Waals surface area (Å²) >= 11 is 3.14. The molecule has 0 fully saturated rings. The standard InChI is InChI=1S/C11H13BrO2/c1-7-3-4-8(2)9(5-7)6-10(12)11(13)14/h3-5,10H,6H2,1-2H3,(H,13,14)/t10-/m1/s1. The molecule has 0 aliphatic heterocycles. The van der Waals surface area contributed by atoms with Gasteiger partial charge in [0, 0.05) is 0 Å². The highest BCUT2D eigenvalue weighted by Crippen LogP contribution is 2.16. The number of rotatable bonds is 3. The van der Waals surface area contributed by atoms with Crippen LogP contribution in [0, 0.1) is 13.8 Å². The predicted molar refractivity (Wildman–Crippen MR) is 60.0 cm³/mol. The van der Waals surface area contributed by atoms with Crippen LogP contribution in [-0.4, -0.2) is 15.9 Å². The Kier molecular flexibility index (Phi) is 3.69. The summed E-state index contributed by atoms with van der Waals surface area (Å²) in [4.78, 5) is 10.2. The fourth-order valence-corrected chi connectivity index (χ4v) is 1.65. The Bertz CT molecular complexity index is 347. The van der Waals surface area contributed by atoms with Crippen molar-refractivity contribution in [1.82, 2.24) is 0 Å². The third-order valence-electron chi connectivity index (χ3n) is 2.17. The minimum atomic E-state index is -0.814. The van der Waals surface area contributed by atoms with Crippen LogP contribution in [0.2, 0.25) is 0 Å². The SMILES string of the molecule is Cc1ccc(C)c(C[C@@H](Br)C(=O)O)c1. The molecular formula is C11H13BrO2. The summed E-state index contributed by atoms with van der Waals surface area (Å²) in [7, 11) is 0. The molecule has 0 saturated heterocycles. The van der Waals surface area contributed by atoms with Crippen molar-refractivity contribution in [3.05, 3.63) is 34.9 Å². The van der Waals surface area contributed by atoms with Crippen LogP contribution in [0.25, 0.3) is 0 Å². The molecule has 1 aromatic carbocycles. The van der Waals surface area contributed by atoms with Crippen molar-refractivity contribution in [2.75, 3.05) is 0 Å². The van der Waals surface area contributed by atoms with Crippen molar-refractivity contribution in [2.45, 2.75) is 25.1 Å². The van der Waals surface area contributed by atoms with Gasteiger partial charge in [-0.2, -0.15) is 0 Å². The number of aliphatic carboxylic acids is 1. The lowest BCUT2D eigenvalue weighted by atomic mass is 10.0. The molecule has 0 aromatic heterocycles. The topological polar surface area (TPSA) is 37.3 Å². The number of carboxylic acids is 1. The molecule has 76 valence electrons. The van der Waals surface area contributed by atoms with Crippen molar-refractivity contribution in [3.8, 4) is 0 Å². The molecule has 1 atom stereocenters. The highest BCUT2D eigenvalue weighted by molar-refractivity contribution is 9.10. The van der Waals surface area contributed by atoms with Crippen molar-refractivity contribution in [3.63, 3.8) is 0 Å². The molecule has 0 spiro atoms. The van der Waals surface area contributed by atoms with Gasteiger partial charge in [0.05, 0.1) is 0 Å². The van der Waals surface area contributed by atoms with Crippen LogP contribution >= 0.6 is 15.9 Å². The quantitative estimate of drug-likeness (QED) is 0.845. The number of carbonyl (C=O) groups is 1. The Hall–Kier alpha value is -0.830. The molecule has 0 heterocycles. The fraction of sp³-hybridized carbons (Fsp3) is 0.364. The summed E-state index contributed by atoms with van der Waals surface area (Å²) < 4.78 is 0. The molecule has 3 heteroatoms. The number of alkyl halides is 1. The van der Waals surface area contributed by atoms with Crippen LogP contribution in [0.3, 0.4) is 0 Å². The maximum atomic E-state index is 10.7. The first kappa shape index (κ1) is 11.2. The van der Waals surface area contributed by atoms with Gasteiger partial charge in [-0.15, -0.1) is 0 Å². The van der Waals surface area contributed by atoms with Crippen LogP contribution in [0.15, 0.2) is 18.2 Å². The molecule has 0 bridgehead atoms. The first-order chi connectivity index (χ1) is 6.50. The number of hydrogen-bond acceptors (Lipinski definition) is 1. The molecule has 1 rings (SSSR count). The lowest BCUT2D eigenvalue weighted by molar-refractivity contribution is -0.136. The van der Waals surface area contributed by atoms with Gasteiger partial charge < -0.3 is 5.11 Å². The monoisotopic (exact) mass is 256 g/mol. The molecule has 0 aliphatic rings. The molecule has 0 unspecified atom stereocenters. The van der Waals surface area contributed by atoms with Crippen LogP contribution in [0.1, 0.15) is 16.7 Å². The molecule has 0 radical (unpaired) electrons. The lowest BCUT2D eigenvalue weighted by Gasteiger charge is -2.08. The summed E-state index contributed by atoms with van der Waals surface area (Å²) in [5.74, 6) is -0.814. The maximum Gasteiger partial charge on any atom is 0.317 e. The van der Waals surface area contributed by atoms with Gasteiger partial charge in [-0.25, -0.2) is 0 Å². The van der Waals surface area contributed by atoms with Gasteiger partial charge >= 0.3 is 5.97 Å². The Labute approximate surface area is 92.1 Å². The van der Waals surface area contributed by atoms with E-state index >= 15 is 0 Å². The number of benzene rings is 1. The van der Waals surface area contributed by atoms with Crippen molar-refractivity contribution in [2.24, 2.45) is 0 Å². The van der Waals surface area contributed by atoms with E-state index in [1.54, 1.807) is 0 Å². The Morgan fingerprint density at radius 2 is 2.14 bits per heavy atom. The predicted octanol–water partition coefficient (Wildman–Crippen LogP) is 2.69. The average Bonchev–Trinajstić information content (AvgIpc) is 2.11. The number of halogens is 1. The molecule has 0 saturated carbocycles. The lowest BCUT2D eigenvalue weighted by Crippen LogP contribution is -2.16. The first-order valence-electron chi connectivity index (χ1n) is 4.43. The van der Waals surface area contributed by atoms with E-state index < -0.39 is 10.8 Å². The average molecular weight is 257 g/mol. The third kappa shape index (κ3) is 2.84. The van der Waals surface area contributed by atoms with Crippen molar-refractivity contribution < 1.29 is 9.90 Å². The van der Waals surface area contributed by atoms with E-state index in [-0.39, 0.29) is 0 Å². The molecule has 1 N–H and O–H groups in total. The second-order valence-electron chi connectivity index (χ2n) is 3.44. The van der Waals surface area contributed by atoms with E-state index in [9.17, 15) is 4.79 Å². The second-order valence-corrected chi connectivity index (χ2v) is 4.55. The van der Waals surface area contributed by atoms with E-state index in [0.717, 1.165) is 16.7 Å². The van der Waals surface area contributed by atoms with Gasteiger partial charge in [0.25, 0.3) is 0 Å². The normalized spacial score (nSPS) is 12.5. The van der Waals surface area contributed by atoms with E-state index in [1.165, 1.54) is 0 Å².